The molecule has 5 saturated carbocycles. The third kappa shape index (κ3) is 16.5. The summed E-state index contributed by atoms with van der Waals surface area (Å²) in [5.41, 5.74) is 50.6. The number of anilines is 5. The zero-order valence-corrected chi connectivity index (χ0v) is 82.8. The Hall–Kier alpha value is -14.4. The molecule has 0 unspecified atom stereocenters. The van der Waals surface area contributed by atoms with Gasteiger partial charge in [-0.05, 0) is 172 Å². The predicted octanol–water partition coefficient (Wildman–Crippen LogP) is 21.7. The molecule has 25 rings (SSSR count). The zero-order valence-electron chi connectivity index (χ0n) is 79.0. The molecule has 0 aliphatic heterocycles. The normalized spacial score (nSPS) is 14.5. The maximum Gasteiger partial charge on any atom is 0.149 e. The fourth-order valence-corrected chi connectivity index (χ4v) is 19.0. The molecule has 0 atom stereocenters. The van der Waals surface area contributed by atoms with E-state index in [-0.39, 0.29) is 30.2 Å². The molecule has 0 aromatic carbocycles. The lowest BCUT2D eigenvalue weighted by Crippen LogP contribution is -2.03. The molecule has 45 heteroatoms. The van der Waals surface area contributed by atoms with Gasteiger partial charge in [0.05, 0.1) is 173 Å². The summed E-state index contributed by atoms with van der Waals surface area (Å²) < 4.78 is 43.8. The Morgan fingerprint density at radius 2 is 0.664 bits per heavy atom. The maximum absolute atomic E-state index is 6.49. The minimum atomic E-state index is 0.0847. The summed E-state index contributed by atoms with van der Waals surface area (Å²) in [7, 11) is 3.82. The van der Waals surface area contributed by atoms with Crippen LogP contribution in [0.1, 0.15) is 235 Å². The highest BCUT2D eigenvalue weighted by Crippen LogP contribution is 2.56. The lowest BCUT2D eigenvalue weighted by atomic mass is 10.0. The smallest absolute Gasteiger partial charge is 0.149 e. The third-order valence-electron chi connectivity index (χ3n) is 25.3. The number of pyridine rings is 5. The molecule has 0 radical (unpaired) electrons. The number of H-pyrrole nitrogens is 2. The van der Waals surface area contributed by atoms with Crippen molar-refractivity contribution in [2.75, 3.05) is 28.7 Å². The Balaban J connectivity index is 0.000000104. The standard InChI is InChI=1S/C20H22ClN7O.3C19H20ClN7O.C18H18ClN7O/c1-4-27-8-7-13(24-27)14-17(26-29-19(14)11-5-6-11)16-15-18(28(25-16)10(2)3)12(21)9-23-20(15)22;1-9(2)27-17-11(20)6-22-19(21)14(17)15(24-27)16-13(12-7-26(3)8-23-12)18(28-25-16)10-4-5-10;1-8(2)27-17-11(20)7-22-19(21)14(17)15(25-27)16-13(12-6-9(3)23-24-12)18(28-26-16)10-4-5-10;1-9(2)27-17-11(20)8-22-19(21)14(17)15(24-27)16-13(12-6-7-26(3)23-12)18(28-25-16)10-4-5-10;1-8(2)26-16-10(19)7-21-18(20)13(16)14(24-26)15-12(11-5-6-22-23-11)17(27-25-15)9-3-4-9/h7-11H,4-6H2,1-3H3,(H2,22,23);6-10H,4-5H2,1-3H3,(H2,21,22);6-8,10H,4-5H2,1-3H3,(H2,21,22)(H,23,24);6-10H,4-5H2,1-3H3,(H2,21,22);5-9H,3-4H2,1-2H3,(H2,20,21)(H,22,23). The lowest BCUT2D eigenvalue weighted by Gasteiger charge is -2.07. The Morgan fingerprint density at radius 3 is 0.921 bits per heavy atom. The van der Waals surface area contributed by atoms with Crippen LogP contribution in [0.3, 0.4) is 0 Å². The number of aromatic amines is 2. The van der Waals surface area contributed by atoms with Crippen LogP contribution in [0.15, 0.2) is 109 Å². The van der Waals surface area contributed by atoms with Gasteiger partial charge in [0, 0.05) is 111 Å². The van der Waals surface area contributed by atoms with Crippen LogP contribution in [0.2, 0.25) is 25.1 Å². The maximum atomic E-state index is 6.49. The van der Waals surface area contributed by atoms with Crippen LogP contribution < -0.4 is 28.7 Å². The molecular formula is C95H100Cl5N35O5. The Labute approximate surface area is 823 Å². The first-order valence-corrected chi connectivity index (χ1v) is 48.4. The van der Waals surface area contributed by atoms with Gasteiger partial charge in [0.2, 0.25) is 0 Å². The van der Waals surface area contributed by atoms with E-state index in [2.05, 4.69) is 88.1 Å². The van der Waals surface area contributed by atoms with Gasteiger partial charge in [-0.1, -0.05) is 83.8 Å². The number of fused-ring (bicyclic) bond motifs is 5. The van der Waals surface area contributed by atoms with Crippen molar-refractivity contribution in [3.63, 3.8) is 0 Å². The number of aromatic nitrogens is 30. The zero-order chi connectivity index (χ0) is 97.7. The predicted molar refractivity (Wildman–Crippen MR) is 535 cm³/mol. The van der Waals surface area contributed by atoms with Crippen LogP contribution in [0.25, 0.3) is 168 Å². The summed E-state index contributed by atoms with van der Waals surface area (Å²) in [6, 6.07) is 8.26. The second-order valence-electron chi connectivity index (χ2n) is 37.5. The molecule has 0 bridgehead atoms. The molecule has 0 amide bonds. The topological polar surface area (TPSA) is 525 Å². The molecule has 5 fully saturated rings. The average Bonchev–Trinajstić information content (AvgIpc) is 1.59. The molecule has 0 spiro atoms. The SMILES string of the molecule is CC(C)n1nc(-c2noc(C3CC3)c2-c2ccn(C)n2)c2c(N)ncc(Cl)c21.CC(C)n1nc(-c2noc(C3CC3)c2-c2ccn[nH]2)c2c(N)ncc(Cl)c21.CC(C)n1nc(-c2noc(C3CC3)c2-c2cn(C)cn2)c2c(N)ncc(Cl)c21.CCn1ccc(-c2c(-c3nn(C(C)C)c4c(Cl)cnc(N)c34)noc2C2CC2)n1.Cc1cc(-c2c(-c3nn(C(C)C)c4c(Cl)cnc(N)c34)noc2C2CC2)n[nH]1. The quantitative estimate of drug-likeness (QED) is 0.0351. The van der Waals surface area contributed by atoms with Crippen LogP contribution in [0, 0.1) is 6.92 Å². The van der Waals surface area contributed by atoms with Crippen molar-refractivity contribution in [1.29, 1.82) is 0 Å². The second kappa shape index (κ2) is 36.1. The van der Waals surface area contributed by atoms with Crippen molar-refractivity contribution >= 4 is 142 Å². The van der Waals surface area contributed by atoms with E-state index < -0.39 is 0 Å². The number of nitrogens with two attached hydrogens (primary N) is 5. The van der Waals surface area contributed by atoms with Gasteiger partial charge >= 0.3 is 0 Å². The van der Waals surface area contributed by atoms with Crippen molar-refractivity contribution in [2.45, 2.75) is 214 Å². The first-order valence-electron chi connectivity index (χ1n) is 46.6. The van der Waals surface area contributed by atoms with Gasteiger partial charge < -0.3 is 55.9 Å². The molecule has 5 aliphatic carbocycles. The Morgan fingerprint density at radius 1 is 0.364 bits per heavy atom. The van der Waals surface area contributed by atoms with Crippen molar-refractivity contribution in [1.82, 2.24) is 149 Å². The monoisotopic (exact) mass is 1990 g/mol. The number of aryl methyl sites for hydroxylation is 4. The molecule has 12 N–H and O–H groups in total. The first kappa shape index (κ1) is 92.0. The molecular weight excluding hydrogens is 1890 g/mol. The molecule has 40 nitrogen and oxygen atoms in total. The van der Waals surface area contributed by atoms with Gasteiger partial charge in [-0.25, -0.2) is 29.9 Å². The van der Waals surface area contributed by atoms with Gasteiger partial charge in [0.1, 0.15) is 115 Å². The Kier molecular flexibility index (Phi) is 23.8. The van der Waals surface area contributed by atoms with Crippen molar-refractivity contribution in [2.24, 2.45) is 14.1 Å². The molecule has 0 saturated heterocycles. The summed E-state index contributed by atoms with van der Waals surface area (Å²) >= 11 is 32.3. The number of rotatable bonds is 21. The van der Waals surface area contributed by atoms with E-state index in [1.807, 2.05) is 166 Å². The van der Waals surface area contributed by atoms with Crippen LogP contribution in [-0.4, -0.2) is 149 Å². The third-order valence-corrected chi connectivity index (χ3v) is 26.7. The molecule has 20 aromatic rings. The van der Waals surface area contributed by atoms with E-state index in [1.54, 1.807) is 48.2 Å². The summed E-state index contributed by atoms with van der Waals surface area (Å²) in [6.45, 7) is 25.2. The number of halogens is 5. The van der Waals surface area contributed by atoms with Crippen LogP contribution in [-0.2, 0) is 20.6 Å². The van der Waals surface area contributed by atoms with Gasteiger partial charge in [-0.15, -0.1) is 0 Å². The number of nitrogens with one attached hydrogen (secondary N) is 2. The van der Waals surface area contributed by atoms with Crippen molar-refractivity contribution < 1.29 is 22.6 Å². The highest BCUT2D eigenvalue weighted by atomic mass is 35.5. The molecule has 140 heavy (non-hydrogen) atoms. The first-order chi connectivity index (χ1) is 67.4. The largest absolute Gasteiger partial charge is 0.383 e. The summed E-state index contributed by atoms with van der Waals surface area (Å²) in [6.07, 6.45) is 28.0. The number of hydrogen-bond acceptors (Lipinski definition) is 30. The average molecular weight is 1990 g/mol. The number of hydrogen-bond donors (Lipinski definition) is 7. The lowest BCUT2D eigenvalue weighted by molar-refractivity contribution is 0.386. The van der Waals surface area contributed by atoms with Crippen LogP contribution >= 0.6 is 58.0 Å². The fourth-order valence-electron chi connectivity index (χ4n) is 17.9. The molecule has 20 aromatic heterocycles. The number of nitrogen functional groups attached to an aromatic ring is 5. The number of nitrogens with zero attached hydrogens (tertiary/aromatic N) is 28. The molecule has 20 heterocycles. The van der Waals surface area contributed by atoms with E-state index in [9.17, 15) is 0 Å². The van der Waals surface area contributed by atoms with Crippen molar-refractivity contribution in [3.05, 3.63) is 146 Å². The summed E-state index contributed by atoms with van der Waals surface area (Å²) in [4.78, 5) is 25.7. The van der Waals surface area contributed by atoms with E-state index >= 15 is 0 Å². The molecule has 5 aliphatic rings. The van der Waals surface area contributed by atoms with E-state index in [1.165, 1.54) is 0 Å². The minimum Gasteiger partial charge on any atom is -0.383 e. The minimum absolute atomic E-state index is 0.0847. The van der Waals surface area contributed by atoms with E-state index in [0.717, 1.165) is 189 Å². The second-order valence-corrected chi connectivity index (χ2v) is 39.5. The van der Waals surface area contributed by atoms with Gasteiger partial charge in [0.15, 0.2) is 0 Å². The van der Waals surface area contributed by atoms with Crippen LogP contribution in [0.4, 0.5) is 29.1 Å². The van der Waals surface area contributed by atoms with Gasteiger partial charge in [0.25, 0.3) is 0 Å². The summed E-state index contributed by atoms with van der Waals surface area (Å²) in [5.74, 6) is 7.96. The number of imidazole rings is 1. The highest BCUT2D eigenvalue weighted by Gasteiger charge is 2.43. The summed E-state index contributed by atoms with van der Waals surface area (Å²) in [5, 5.41) is 75.9. The molecule has 720 valence electrons. The van der Waals surface area contributed by atoms with E-state index in [4.69, 9.17) is 140 Å². The van der Waals surface area contributed by atoms with Gasteiger partial charge in [-0.2, -0.15) is 45.9 Å². The van der Waals surface area contributed by atoms with Gasteiger partial charge in [-0.3, -0.25) is 43.0 Å². The highest BCUT2D eigenvalue weighted by molar-refractivity contribution is 6.38. The fraction of sp³-hybridized carbons (Fsp3) is 0.368. The van der Waals surface area contributed by atoms with E-state index in [0.29, 0.717) is 168 Å². The Bertz CT molecular complexity index is 7680. The van der Waals surface area contributed by atoms with Crippen LogP contribution in [0.5, 0.6) is 0 Å². The van der Waals surface area contributed by atoms with Crippen molar-refractivity contribution in [3.8, 4) is 113 Å².